The lowest BCUT2D eigenvalue weighted by molar-refractivity contribution is -0.118. The number of hydrogen-bond acceptors (Lipinski definition) is 4. The van der Waals surface area contributed by atoms with Crippen molar-refractivity contribution in [1.82, 2.24) is 5.32 Å². The second kappa shape index (κ2) is 8.90. The molecule has 1 atom stereocenters. The van der Waals surface area contributed by atoms with E-state index in [-0.39, 0.29) is 16.4 Å². The van der Waals surface area contributed by atoms with Crippen molar-refractivity contribution in [1.29, 1.82) is 0 Å². The first-order chi connectivity index (χ1) is 12.6. The van der Waals surface area contributed by atoms with E-state index in [1.165, 1.54) is 11.1 Å². The van der Waals surface area contributed by atoms with Gasteiger partial charge in [0.2, 0.25) is 5.91 Å². The quantitative estimate of drug-likeness (QED) is 0.778. The van der Waals surface area contributed by atoms with E-state index in [9.17, 15) is 9.59 Å². The van der Waals surface area contributed by atoms with Crippen molar-refractivity contribution >= 4 is 22.9 Å². The molecule has 0 saturated carbocycles. The first-order valence-corrected chi connectivity index (χ1v) is 9.81. The van der Waals surface area contributed by atoms with Crippen LogP contribution in [-0.4, -0.2) is 23.0 Å². The van der Waals surface area contributed by atoms with E-state index >= 15 is 0 Å². The Morgan fingerprint density at radius 3 is 2.58 bits per heavy atom. The molecule has 1 heterocycles. The van der Waals surface area contributed by atoms with Gasteiger partial charge in [0.15, 0.2) is 0 Å². The van der Waals surface area contributed by atoms with Crippen LogP contribution < -0.4 is 5.32 Å². The zero-order valence-electron chi connectivity index (χ0n) is 14.9. The molecule has 0 bridgehead atoms. The molecule has 2 aliphatic rings. The summed E-state index contributed by atoms with van der Waals surface area (Å²) >= 11 is 1.07. The van der Waals surface area contributed by atoms with Gasteiger partial charge in [0.05, 0.1) is 11.9 Å². The van der Waals surface area contributed by atoms with Gasteiger partial charge in [0, 0.05) is 6.42 Å². The molecule has 3 rings (SSSR count). The Morgan fingerprint density at radius 1 is 1.12 bits per heavy atom. The van der Waals surface area contributed by atoms with Crippen LogP contribution in [0.2, 0.25) is 0 Å². The fourth-order valence-corrected chi connectivity index (χ4v) is 3.74. The van der Waals surface area contributed by atoms with Crippen molar-refractivity contribution in [3.8, 4) is 0 Å². The summed E-state index contributed by atoms with van der Waals surface area (Å²) in [6.45, 7) is 2.79. The molecule has 1 saturated heterocycles. The van der Waals surface area contributed by atoms with E-state index in [4.69, 9.17) is 4.74 Å². The molecule has 1 aromatic carbocycles. The summed E-state index contributed by atoms with van der Waals surface area (Å²) < 4.78 is 5.88. The Hall–Kier alpha value is -2.27. The van der Waals surface area contributed by atoms with E-state index in [0.29, 0.717) is 13.0 Å². The molecule has 0 radical (unpaired) electrons. The van der Waals surface area contributed by atoms with Gasteiger partial charge < -0.3 is 4.74 Å². The molecule has 136 valence electrons. The molecular weight excluding hydrogens is 346 g/mol. The van der Waals surface area contributed by atoms with Crippen LogP contribution in [0.4, 0.5) is 4.79 Å². The van der Waals surface area contributed by atoms with Gasteiger partial charge in [-0.1, -0.05) is 55.1 Å². The van der Waals surface area contributed by atoms with Crippen LogP contribution in [0.1, 0.15) is 30.9 Å². The van der Waals surface area contributed by atoms with E-state index in [1.54, 1.807) is 0 Å². The topological polar surface area (TPSA) is 55.4 Å². The standard InChI is InChI=1S/C21H23NO3S/c1-2-15-6-8-16(9-7-15)12-13-25-18-5-3-4-17(10-11-18)14-19-20(23)22-21(24)26-19/h4-11,19H,2-3,12-14H2,1H3,(H,22,23,24). The molecule has 1 aliphatic heterocycles. The molecule has 26 heavy (non-hydrogen) atoms. The number of thioether (sulfide) groups is 1. The second-order valence-corrected chi connectivity index (χ2v) is 7.49. The number of carbonyl (C=O) groups is 2. The smallest absolute Gasteiger partial charge is 0.286 e. The number of amides is 2. The number of hydrogen-bond donors (Lipinski definition) is 1. The lowest BCUT2D eigenvalue weighted by atomic mass is 10.1. The van der Waals surface area contributed by atoms with Crippen molar-refractivity contribution in [3.05, 3.63) is 71.0 Å². The van der Waals surface area contributed by atoms with Gasteiger partial charge in [-0.05, 0) is 48.1 Å². The van der Waals surface area contributed by atoms with Crippen molar-refractivity contribution in [2.75, 3.05) is 6.61 Å². The number of benzene rings is 1. The fraction of sp³-hybridized carbons (Fsp3) is 0.333. The maximum atomic E-state index is 11.7. The summed E-state index contributed by atoms with van der Waals surface area (Å²) in [7, 11) is 0. The maximum absolute atomic E-state index is 11.7. The molecule has 0 aromatic heterocycles. The van der Waals surface area contributed by atoms with Gasteiger partial charge in [-0.15, -0.1) is 0 Å². The van der Waals surface area contributed by atoms with Gasteiger partial charge in [-0.25, -0.2) is 0 Å². The highest BCUT2D eigenvalue weighted by Crippen LogP contribution is 2.27. The summed E-state index contributed by atoms with van der Waals surface area (Å²) in [5, 5.41) is 1.74. The van der Waals surface area contributed by atoms with Crippen LogP contribution >= 0.6 is 11.8 Å². The Kier molecular flexibility index (Phi) is 6.34. The molecule has 1 N–H and O–H groups in total. The first-order valence-electron chi connectivity index (χ1n) is 8.93. The number of aryl methyl sites for hydroxylation is 1. The van der Waals surface area contributed by atoms with Crippen LogP contribution in [0, 0.1) is 0 Å². The van der Waals surface area contributed by atoms with Crippen LogP contribution in [0.3, 0.4) is 0 Å². The third kappa shape index (κ3) is 5.11. The largest absolute Gasteiger partial charge is 0.494 e. The average molecular weight is 369 g/mol. The molecular formula is C21H23NO3S. The van der Waals surface area contributed by atoms with Gasteiger partial charge >= 0.3 is 0 Å². The van der Waals surface area contributed by atoms with E-state index in [2.05, 4.69) is 42.6 Å². The fourth-order valence-electron chi connectivity index (χ4n) is 2.88. The molecule has 0 spiro atoms. The minimum absolute atomic E-state index is 0.197. The molecule has 1 aliphatic carbocycles. The highest BCUT2D eigenvalue weighted by atomic mass is 32.2. The van der Waals surface area contributed by atoms with Crippen LogP contribution in [0.25, 0.3) is 0 Å². The summed E-state index contributed by atoms with van der Waals surface area (Å²) in [4.78, 5) is 22.9. The summed E-state index contributed by atoms with van der Waals surface area (Å²) in [5.41, 5.74) is 3.67. The van der Waals surface area contributed by atoms with Crippen LogP contribution in [0.15, 0.2) is 59.9 Å². The maximum Gasteiger partial charge on any atom is 0.286 e. The predicted octanol–water partition coefficient (Wildman–Crippen LogP) is 4.32. The van der Waals surface area contributed by atoms with Gasteiger partial charge in [-0.2, -0.15) is 0 Å². The molecule has 5 heteroatoms. The number of nitrogens with one attached hydrogen (secondary N) is 1. The third-order valence-electron chi connectivity index (χ3n) is 4.44. The number of allylic oxidation sites excluding steroid dienone is 5. The number of rotatable bonds is 7. The van der Waals surface area contributed by atoms with Crippen molar-refractivity contribution in [3.63, 3.8) is 0 Å². The Morgan fingerprint density at radius 2 is 1.88 bits per heavy atom. The van der Waals surface area contributed by atoms with E-state index < -0.39 is 0 Å². The van der Waals surface area contributed by atoms with E-state index in [0.717, 1.165) is 42.4 Å². The van der Waals surface area contributed by atoms with Crippen LogP contribution in [-0.2, 0) is 22.4 Å². The lowest BCUT2D eigenvalue weighted by Gasteiger charge is -2.07. The SMILES string of the molecule is CCc1ccc(CCOC2=CCC=C(CC3SC(=O)NC3=O)C=C2)cc1. The third-order valence-corrected chi connectivity index (χ3v) is 5.42. The van der Waals surface area contributed by atoms with Crippen molar-refractivity contribution < 1.29 is 14.3 Å². The van der Waals surface area contributed by atoms with Crippen molar-refractivity contribution in [2.24, 2.45) is 0 Å². The zero-order valence-corrected chi connectivity index (χ0v) is 15.7. The summed E-state index contributed by atoms with van der Waals surface area (Å²) in [6, 6.07) is 8.64. The van der Waals surface area contributed by atoms with Crippen molar-refractivity contribution in [2.45, 2.75) is 37.9 Å². The first kappa shape index (κ1) is 18.5. The van der Waals surface area contributed by atoms with Gasteiger partial charge in [-0.3, -0.25) is 14.9 Å². The molecule has 1 unspecified atom stereocenters. The van der Waals surface area contributed by atoms with E-state index in [1.807, 2.05) is 18.2 Å². The molecule has 1 aromatic rings. The Bertz CT molecular complexity index is 762. The van der Waals surface area contributed by atoms with Gasteiger partial charge in [0.1, 0.15) is 5.76 Å². The Labute approximate surface area is 158 Å². The number of ether oxygens (including phenoxy) is 1. The predicted molar refractivity (Wildman–Crippen MR) is 105 cm³/mol. The highest BCUT2D eigenvalue weighted by molar-refractivity contribution is 8.15. The lowest BCUT2D eigenvalue weighted by Crippen LogP contribution is -2.24. The normalized spacial score (nSPS) is 19.7. The zero-order chi connectivity index (χ0) is 18.4. The van der Waals surface area contributed by atoms with Crippen LogP contribution in [0.5, 0.6) is 0 Å². The average Bonchev–Trinajstić information content (AvgIpc) is 2.82. The van der Waals surface area contributed by atoms with Gasteiger partial charge in [0.25, 0.3) is 5.24 Å². The summed E-state index contributed by atoms with van der Waals surface area (Å²) in [6.07, 6.45) is 11.3. The monoisotopic (exact) mass is 369 g/mol. The highest BCUT2D eigenvalue weighted by Gasteiger charge is 2.31. The molecule has 2 amide bonds. The Balaban J connectivity index is 1.46. The molecule has 1 fully saturated rings. The second-order valence-electron chi connectivity index (χ2n) is 6.31. The number of imide groups is 1. The minimum atomic E-state index is -0.327. The number of carbonyl (C=O) groups excluding carboxylic acids is 2. The molecule has 4 nitrogen and oxygen atoms in total. The minimum Gasteiger partial charge on any atom is -0.494 e. The summed E-state index contributed by atoms with van der Waals surface area (Å²) in [5.74, 6) is 0.651.